The largest absolute Gasteiger partial charge is 0.388 e. The predicted octanol–water partition coefficient (Wildman–Crippen LogP) is 2.13. The molecule has 88 valence electrons. The molecule has 3 nitrogen and oxygen atoms in total. The highest BCUT2D eigenvalue weighted by Crippen LogP contribution is 2.24. The van der Waals surface area contributed by atoms with Crippen molar-refractivity contribution in [1.29, 1.82) is 0 Å². The molecule has 0 atom stereocenters. The van der Waals surface area contributed by atoms with Gasteiger partial charge in [-0.2, -0.15) is 0 Å². The SMILES string of the molecule is CCc1cc(N2CCOCC2)ccc1NC. The van der Waals surface area contributed by atoms with Gasteiger partial charge in [-0.1, -0.05) is 6.92 Å². The highest BCUT2D eigenvalue weighted by Gasteiger charge is 2.12. The summed E-state index contributed by atoms with van der Waals surface area (Å²) in [6, 6.07) is 6.65. The van der Waals surface area contributed by atoms with Crippen LogP contribution in [-0.2, 0) is 11.2 Å². The van der Waals surface area contributed by atoms with E-state index in [4.69, 9.17) is 4.74 Å². The number of hydrogen-bond donors (Lipinski definition) is 1. The molecule has 3 heteroatoms. The van der Waals surface area contributed by atoms with Gasteiger partial charge in [0.2, 0.25) is 0 Å². The highest BCUT2D eigenvalue weighted by molar-refractivity contribution is 5.60. The van der Waals surface area contributed by atoms with E-state index in [1.54, 1.807) is 0 Å². The van der Waals surface area contributed by atoms with Crippen LogP contribution in [-0.4, -0.2) is 33.4 Å². The summed E-state index contributed by atoms with van der Waals surface area (Å²) < 4.78 is 5.37. The van der Waals surface area contributed by atoms with Crippen LogP contribution in [0.4, 0.5) is 11.4 Å². The molecule has 1 aliphatic heterocycles. The van der Waals surface area contributed by atoms with Crippen LogP contribution in [0.1, 0.15) is 12.5 Å². The number of anilines is 2. The van der Waals surface area contributed by atoms with E-state index in [1.807, 2.05) is 7.05 Å². The van der Waals surface area contributed by atoms with Crippen molar-refractivity contribution in [1.82, 2.24) is 0 Å². The molecule has 2 rings (SSSR count). The molecule has 0 aromatic heterocycles. The Hall–Kier alpha value is -1.22. The molecule has 0 radical (unpaired) electrons. The Morgan fingerprint density at radius 2 is 2.06 bits per heavy atom. The monoisotopic (exact) mass is 220 g/mol. The Morgan fingerprint density at radius 1 is 1.31 bits per heavy atom. The first-order valence-electron chi connectivity index (χ1n) is 5.98. The fourth-order valence-electron chi connectivity index (χ4n) is 2.13. The van der Waals surface area contributed by atoms with Gasteiger partial charge in [0.05, 0.1) is 13.2 Å². The molecule has 0 amide bonds. The van der Waals surface area contributed by atoms with Gasteiger partial charge < -0.3 is 15.0 Å². The Labute approximate surface area is 97.4 Å². The lowest BCUT2D eigenvalue weighted by Crippen LogP contribution is -2.36. The average Bonchev–Trinajstić information content (AvgIpc) is 2.39. The van der Waals surface area contributed by atoms with Crippen molar-refractivity contribution in [2.75, 3.05) is 43.6 Å². The normalized spacial score (nSPS) is 16.2. The lowest BCUT2D eigenvalue weighted by Gasteiger charge is -2.29. The molecule has 0 unspecified atom stereocenters. The van der Waals surface area contributed by atoms with Gasteiger partial charge >= 0.3 is 0 Å². The molecule has 1 saturated heterocycles. The fourth-order valence-corrected chi connectivity index (χ4v) is 2.13. The van der Waals surface area contributed by atoms with Crippen molar-refractivity contribution >= 4 is 11.4 Å². The Bertz CT molecular complexity index is 346. The van der Waals surface area contributed by atoms with E-state index in [2.05, 4.69) is 35.3 Å². The number of benzene rings is 1. The second-order valence-corrected chi connectivity index (χ2v) is 4.04. The molecule has 0 saturated carbocycles. The molecule has 1 fully saturated rings. The van der Waals surface area contributed by atoms with Crippen LogP contribution in [0.2, 0.25) is 0 Å². The zero-order chi connectivity index (χ0) is 11.4. The summed E-state index contributed by atoms with van der Waals surface area (Å²) in [6.07, 6.45) is 1.06. The van der Waals surface area contributed by atoms with Gasteiger partial charge in [-0.25, -0.2) is 0 Å². The van der Waals surface area contributed by atoms with Crippen molar-refractivity contribution in [3.63, 3.8) is 0 Å². The van der Waals surface area contributed by atoms with Crippen molar-refractivity contribution in [2.45, 2.75) is 13.3 Å². The summed E-state index contributed by atoms with van der Waals surface area (Å²) in [5.74, 6) is 0. The lowest BCUT2D eigenvalue weighted by atomic mass is 10.1. The summed E-state index contributed by atoms with van der Waals surface area (Å²) >= 11 is 0. The Kier molecular flexibility index (Phi) is 3.67. The smallest absolute Gasteiger partial charge is 0.0642 e. The number of aryl methyl sites for hydroxylation is 1. The maximum absolute atomic E-state index is 5.37. The molecule has 0 aliphatic carbocycles. The van der Waals surface area contributed by atoms with Crippen molar-refractivity contribution < 1.29 is 4.74 Å². The van der Waals surface area contributed by atoms with Gasteiger partial charge in [0, 0.05) is 31.5 Å². The number of nitrogens with one attached hydrogen (secondary N) is 1. The van der Waals surface area contributed by atoms with Gasteiger partial charge in [0.15, 0.2) is 0 Å². The standard InChI is InChI=1S/C13H20N2O/c1-3-11-10-12(4-5-13(11)14-2)15-6-8-16-9-7-15/h4-5,10,14H,3,6-9H2,1-2H3. The number of rotatable bonds is 3. The molecule has 0 spiro atoms. The zero-order valence-electron chi connectivity index (χ0n) is 10.1. The highest BCUT2D eigenvalue weighted by atomic mass is 16.5. The minimum absolute atomic E-state index is 0.842. The summed E-state index contributed by atoms with van der Waals surface area (Å²) in [5, 5.41) is 3.23. The summed E-state index contributed by atoms with van der Waals surface area (Å²) in [7, 11) is 1.98. The molecule has 1 heterocycles. The van der Waals surface area contributed by atoms with Gasteiger partial charge in [-0.15, -0.1) is 0 Å². The van der Waals surface area contributed by atoms with Gasteiger partial charge in [-0.05, 0) is 30.2 Å². The van der Waals surface area contributed by atoms with Crippen LogP contribution in [0.15, 0.2) is 18.2 Å². The topological polar surface area (TPSA) is 24.5 Å². The van der Waals surface area contributed by atoms with Crippen molar-refractivity contribution in [2.24, 2.45) is 0 Å². The predicted molar refractivity (Wildman–Crippen MR) is 68.4 cm³/mol. The molecular formula is C13H20N2O. The second-order valence-electron chi connectivity index (χ2n) is 4.04. The third-order valence-corrected chi connectivity index (χ3v) is 3.12. The molecule has 0 bridgehead atoms. The summed E-state index contributed by atoms with van der Waals surface area (Å²) in [6.45, 7) is 5.88. The van der Waals surface area contributed by atoms with E-state index in [9.17, 15) is 0 Å². The van der Waals surface area contributed by atoms with E-state index in [0.717, 1.165) is 32.7 Å². The molecular weight excluding hydrogens is 200 g/mol. The third-order valence-electron chi connectivity index (χ3n) is 3.12. The summed E-state index contributed by atoms with van der Waals surface area (Å²) in [5.41, 5.74) is 3.94. The summed E-state index contributed by atoms with van der Waals surface area (Å²) in [4.78, 5) is 2.39. The Morgan fingerprint density at radius 3 is 2.69 bits per heavy atom. The minimum Gasteiger partial charge on any atom is -0.388 e. The first-order chi connectivity index (χ1) is 7.85. The van der Waals surface area contributed by atoms with Crippen LogP contribution in [0.3, 0.4) is 0 Å². The fraction of sp³-hybridized carbons (Fsp3) is 0.538. The van der Waals surface area contributed by atoms with E-state index in [0.29, 0.717) is 0 Å². The quantitative estimate of drug-likeness (QED) is 0.844. The van der Waals surface area contributed by atoms with Gasteiger partial charge in [0.1, 0.15) is 0 Å². The molecule has 1 aliphatic rings. The van der Waals surface area contributed by atoms with Crippen molar-refractivity contribution in [3.05, 3.63) is 23.8 Å². The molecule has 1 N–H and O–H groups in total. The van der Waals surface area contributed by atoms with Gasteiger partial charge in [0.25, 0.3) is 0 Å². The molecule has 1 aromatic carbocycles. The number of morpholine rings is 1. The molecule has 16 heavy (non-hydrogen) atoms. The van der Waals surface area contributed by atoms with E-state index in [1.165, 1.54) is 16.9 Å². The van der Waals surface area contributed by atoms with E-state index < -0.39 is 0 Å². The van der Waals surface area contributed by atoms with Gasteiger partial charge in [-0.3, -0.25) is 0 Å². The van der Waals surface area contributed by atoms with Crippen LogP contribution in [0.5, 0.6) is 0 Å². The second kappa shape index (κ2) is 5.21. The van der Waals surface area contributed by atoms with Crippen LogP contribution >= 0.6 is 0 Å². The van der Waals surface area contributed by atoms with Crippen LogP contribution in [0, 0.1) is 0 Å². The minimum atomic E-state index is 0.842. The zero-order valence-corrected chi connectivity index (χ0v) is 10.1. The van der Waals surface area contributed by atoms with Crippen molar-refractivity contribution in [3.8, 4) is 0 Å². The number of hydrogen-bond acceptors (Lipinski definition) is 3. The van der Waals surface area contributed by atoms with Crippen LogP contribution in [0.25, 0.3) is 0 Å². The lowest BCUT2D eigenvalue weighted by molar-refractivity contribution is 0.122. The maximum Gasteiger partial charge on any atom is 0.0642 e. The Balaban J connectivity index is 2.20. The van der Waals surface area contributed by atoms with E-state index >= 15 is 0 Å². The first kappa shape index (κ1) is 11.3. The third kappa shape index (κ3) is 2.30. The average molecular weight is 220 g/mol. The number of ether oxygens (including phenoxy) is 1. The maximum atomic E-state index is 5.37. The first-order valence-corrected chi connectivity index (χ1v) is 5.98. The van der Waals surface area contributed by atoms with Crippen LogP contribution < -0.4 is 10.2 Å². The molecule has 1 aromatic rings. The number of nitrogens with zero attached hydrogens (tertiary/aromatic N) is 1. The van der Waals surface area contributed by atoms with E-state index in [-0.39, 0.29) is 0 Å².